The summed E-state index contributed by atoms with van der Waals surface area (Å²) in [5, 5.41) is 19.6. The van der Waals surface area contributed by atoms with Crippen LogP contribution in [0.15, 0.2) is 17.0 Å². The summed E-state index contributed by atoms with van der Waals surface area (Å²) in [6, 6.07) is 3.56. The molecule has 0 saturated heterocycles. The van der Waals surface area contributed by atoms with Gasteiger partial charge in [-0.1, -0.05) is 0 Å². The Balaban J connectivity index is 3.74. The van der Waals surface area contributed by atoms with E-state index in [1.165, 1.54) is 6.07 Å². The Kier molecular flexibility index (Phi) is 4.11. The van der Waals surface area contributed by atoms with Crippen molar-refractivity contribution in [3.8, 4) is 11.8 Å². The highest BCUT2D eigenvalue weighted by Gasteiger charge is 2.29. The van der Waals surface area contributed by atoms with Gasteiger partial charge in [0.2, 0.25) is 0 Å². The van der Waals surface area contributed by atoms with Crippen LogP contribution < -0.4 is 4.74 Å². The molecule has 9 heteroatoms. The van der Waals surface area contributed by atoms with E-state index in [2.05, 4.69) is 0 Å². The van der Waals surface area contributed by atoms with Crippen LogP contribution in [0.3, 0.4) is 0 Å². The Labute approximate surface area is 107 Å². The molecule has 1 rings (SSSR count). The number of nitro benzene ring substituents is 1. The number of nitrogens with zero attached hydrogens (tertiary/aromatic N) is 2. The molecule has 0 saturated carbocycles. The maximum absolute atomic E-state index is 11.4. The van der Waals surface area contributed by atoms with Gasteiger partial charge in [-0.15, -0.1) is 0 Å². The molecule has 0 aromatic heterocycles. The number of rotatable bonds is 4. The lowest BCUT2D eigenvalue weighted by Gasteiger charge is -2.08. The second-order valence-electron chi connectivity index (χ2n) is 3.03. The summed E-state index contributed by atoms with van der Waals surface area (Å²) < 4.78 is 27.8. The Bertz CT molecular complexity index is 635. The van der Waals surface area contributed by atoms with E-state index in [0.717, 1.165) is 12.1 Å². The zero-order valence-corrected chi connectivity index (χ0v) is 10.7. The average molecular weight is 291 g/mol. The molecule has 0 heterocycles. The SMILES string of the molecule is CCOc1ccc([N+](=O)[O-])c(C#N)c1S(=O)(=O)Cl. The van der Waals surface area contributed by atoms with Gasteiger partial charge in [-0.2, -0.15) is 5.26 Å². The molecular weight excluding hydrogens is 284 g/mol. The van der Waals surface area contributed by atoms with E-state index in [1.54, 1.807) is 6.92 Å². The maximum atomic E-state index is 11.4. The van der Waals surface area contributed by atoms with Gasteiger partial charge in [-0.25, -0.2) is 8.42 Å². The lowest BCUT2D eigenvalue weighted by atomic mass is 10.2. The largest absolute Gasteiger partial charge is 0.492 e. The molecule has 7 nitrogen and oxygen atoms in total. The van der Waals surface area contributed by atoms with Crippen LogP contribution in [0.25, 0.3) is 0 Å². The molecule has 18 heavy (non-hydrogen) atoms. The fourth-order valence-corrected chi connectivity index (χ4v) is 2.55. The molecule has 0 aliphatic carbocycles. The molecule has 1 aromatic rings. The molecule has 0 aliphatic rings. The minimum absolute atomic E-state index is 0.127. The first kappa shape index (κ1) is 14.2. The lowest BCUT2D eigenvalue weighted by Crippen LogP contribution is -2.05. The number of hydrogen-bond acceptors (Lipinski definition) is 6. The average Bonchev–Trinajstić information content (AvgIpc) is 2.26. The van der Waals surface area contributed by atoms with Crippen LogP contribution in [0.5, 0.6) is 5.75 Å². The standard InChI is InChI=1S/C9H7ClN2O5S/c1-2-17-8-4-3-7(12(13)14)6(5-11)9(8)18(10,15)16/h3-4H,2H2,1H3. The van der Waals surface area contributed by atoms with Gasteiger partial charge in [0, 0.05) is 16.7 Å². The first-order valence-electron chi connectivity index (χ1n) is 4.61. The van der Waals surface area contributed by atoms with Gasteiger partial charge < -0.3 is 4.74 Å². The Morgan fingerprint density at radius 3 is 2.56 bits per heavy atom. The highest BCUT2D eigenvalue weighted by Crippen LogP contribution is 2.35. The van der Waals surface area contributed by atoms with E-state index in [-0.39, 0.29) is 12.4 Å². The number of hydrogen-bond donors (Lipinski definition) is 0. The van der Waals surface area contributed by atoms with Crippen molar-refractivity contribution in [3.63, 3.8) is 0 Å². The zero-order chi connectivity index (χ0) is 13.9. The Hall–Kier alpha value is -1.85. The van der Waals surface area contributed by atoms with E-state index in [1.807, 2.05) is 0 Å². The number of nitriles is 1. The second-order valence-corrected chi connectivity index (χ2v) is 5.53. The molecule has 0 spiro atoms. The topological polar surface area (TPSA) is 110 Å². The van der Waals surface area contributed by atoms with Crippen molar-refractivity contribution in [2.75, 3.05) is 6.61 Å². The summed E-state index contributed by atoms with van der Waals surface area (Å²) in [6.07, 6.45) is 0. The monoisotopic (exact) mass is 290 g/mol. The summed E-state index contributed by atoms with van der Waals surface area (Å²) in [6.45, 7) is 1.72. The fourth-order valence-electron chi connectivity index (χ4n) is 1.32. The van der Waals surface area contributed by atoms with E-state index >= 15 is 0 Å². The highest BCUT2D eigenvalue weighted by molar-refractivity contribution is 8.13. The predicted molar refractivity (Wildman–Crippen MR) is 62.0 cm³/mol. The molecule has 0 radical (unpaired) electrons. The van der Waals surface area contributed by atoms with Gasteiger partial charge >= 0.3 is 0 Å². The quantitative estimate of drug-likeness (QED) is 0.475. The Morgan fingerprint density at radius 1 is 1.56 bits per heavy atom. The first-order valence-corrected chi connectivity index (χ1v) is 6.92. The third kappa shape index (κ3) is 2.69. The Morgan fingerprint density at radius 2 is 2.17 bits per heavy atom. The van der Waals surface area contributed by atoms with Crippen molar-refractivity contribution in [2.45, 2.75) is 11.8 Å². The third-order valence-electron chi connectivity index (χ3n) is 1.95. The molecule has 0 N–H and O–H groups in total. The minimum atomic E-state index is -4.33. The van der Waals surface area contributed by atoms with E-state index in [4.69, 9.17) is 20.7 Å². The smallest absolute Gasteiger partial charge is 0.288 e. The van der Waals surface area contributed by atoms with Crippen LogP contribution in [-0.2, 0) is 9.05 Å². The van der Waals surface area contributed by atoms with Crippen molar-refractivity contribution in [2.24, 2.45) is 0 Å². The third-order valence-corrected chi connectivity index (χ3v) is 3.31. The zero-order valence-electron chi connectivity index (χ0n) is 9.08. The summed E-state index contributed by atoms with van der Waals surface area (Å²) in [4.78, 5) is 9.17. The minimum Gasteiger partial charge on any atom is -0.492 e. The molecule has 0 bridgehead atoms. The number of halogens is 1. The van der Waals surface area contributed by atoms with Gasteiger partial charge in [0.25, 0.3) is 14.7 Å². The number of nitro groups is 1. The van der Waals surface area contributed by atoms with Crippen LogP contribution in [0.4, 0.5) is 5.69 Å². The molecule has 0 aliphatic heterocycles. The molecular formula is C9H7ClN2O5S. The van der Waals surface area contributed by atoms with Gasteiger partial charge in [-0.05, 0) is 13.0 Å². The summed E-state index contributed by atoms with van der Waals surface area (Å²) >= 11 is 0. The number of benzene rings is 1. The van der Waals surface area contributed by atoms with Crippen LogP contribution in [0.2, 0.25) is 0 Å². The van der Waals surface area contributed by atoms with Crippen molar-refractivity contribution in [3.05, 3.63) is 27.8 Å². The molecule has 0 unspecified atom stereocenters. The van der Waals surface area contributed by atoms with Crippen molar-refractivity contribution >= 4 is 25.4 Å². The van der Waals surface area contributed by atoms with Crippen LogP contribution in [0.1, 0.15) is 12.5 Å². The fraction of sp³-hybridized carbons (Fsp3) is 0.222. The van der Waals surface area contributed by atoms with Gasteiger partial charge in [0.1, 0.15) is 16.7 Å². The van der Waals surface area contributed by atoms with Crippen LogP contribution >= 0.6 is 10.7 Å². The van der Waals surface area contributed by atoms with Crippen LogP contribution in [0, 0.1) is 21.4 Å². The van der Waals surface area contributed by atoms with E-state index in [9.17, 15) is 18.5 Å². The van der Waals surface area contributed by atoms with Gasteiger partial charge in [0.15, 0.2) is 5.56 Å². The van der Waals surface area contributed by atoms with Crippen molar-refractivity contribution < 1.29 is 18.1 Å². The van der Waals surface area contributed by atoms with Crippen molar-refractivity contribution in [1.82, 2.24) is 0 Å². The van der Waals surface area contributed by atoms with E-state index < -0.39 is 30.1 Å². The van der Waals surface area contributed by atoms with Crippen molar-refractivity contribution in [1.29, 1.82) is 5.26 Å². The first-order chi connectivity index (χ1) is 8.32. The summed E-state index contributed by atoms with van der Waals surface area (Å²) in [5.74, 6) is -0.186. The summed E-state index contributed by atoms with van der Waals surface area (Å²) in [7, 11) is 0.844. The highest BCUT2D eigenvalue weighted by atomic mass is 35.7. The molecule has 0 fully saturated rings. The lowest BCUT2D eigenvalue weighted by molar-refractivity contribution is -0.385. The normalized spacial score (nSPS) is 10.7. The van der Waals surface area contributed by atoms with Gasteiger partial charge in [-0.3, -0.25) is 10.1 Å². The predicted octanol–water partition coefficient (Wildman–Crippen LogP) is 1.79. The maximum Gasteiger partial charge on any atom is 0.288 e. The summed E-state index contributed by atoms with van der Waals surface area (Å²) in [5.41, 5.74) is -1.28. The second kappa shape index (κ2) is 5.20. The van der Waals surface area contributed by atoms with Gasteiger partial charge in [0.05, 0.1) is 11.5 Å². The molecule has 0 atom stereocenters. The molecule has 0 amide bonds. The number of ether oxygens (including phenoxy) is 1. The molecule has 1 aromatic carbocycles. The molecule has 96 valence electrons. The van der Waals surface area contributed by atoms with E-state index in [0.29, 0.717) is 0 Å². The van der Waals surface area contributed by atoms with Crippen LogP contribution in [-0.4, -0.2) is 19.9 Å².